The Morgan fingerprint density at radius 3 is 0.980 bits per heavy atom. The first-order valence-electron chi connectivity index (χ1n) is 10.9. The summed E-state index contributed by atoms with van der Waals surface area (Å²) >= 11 is 0. The maximum absolute atomic E-state index is 10.4. The largest absolute Gasteiger partial charge is 0.507 e. The molecule has 0 atom stereocenters. The molecule has 25 nitrogen and oxygen atoms in total. The van der Waals surface area contributed by atoms with Crippen molar-refractivity contribution in [1.29, 1.82) is 0 Å². The van der Waals surface area contributed by atoms with E-state index in [0.29, 0.717) is 0 Å². The molecule has 0 unspecified atom stereocenters. The summed E-state index contributed by atoms with van der Waals surface area (Å²) < 4.78 is 127. The fourth-order valence-corrected chi connectivity index (χ4v) is 5.73. The van der Waals surface area contributed by atoms with Crippen LogP contribution in [-0.4, -0.2) is 130 Å². The summed E-state index contributed by atoms with van der Waals surface area (Å²) in [5.74, 6) is 0. The van der Waals surface area contributed by atoms with Gasteiger partial charge in [0.25, 0.3) is 0 Å². The van der Waals surface area contributed by atoms with Crippen molar-refractivity contribution in [2.24, 2.45) is 0 Å². The number of aromatic nitrogens is 3. The Balaban J connectivity index is -0.000000185. The number of benzene rings is 1. The van der Waals surface area contributed by atoms with Gasteiger partial charge < -0.3 is 0 Å². The first-order chi connectivity index (χ1) is 21.4. The molecule has 0 aliphatic heterocycles. The van der Waals surface area contributed by atoms with E-state index in [2.05, 4.69) is 24.3 Å². The van der Waals surface area contributed by atoms with E-state index in [4.69, 9.17) is 90.7 Å². The molecule has 0 amide bonds. The van der Waals surface area contributed by atoms with Gasteiger partial charge in [0.2, 0.25) is 0 Å². The summed E-state index contributed by atoms with van der Waals surface area (Å²) in [6.07, 6.45) is 0. The van der Waals surface area contributed by atoms with Crippen molar-refractivity contribution in [1.82, 2.24) is 29.2 Å². The van der Waals surface area contributed by atoms with E-state index >= 15 is 0 Å². The van der Waals surface area contributed by atoms with E-state index in [-0.39, 0.29) is 0 Å². The molecule has 2 rings (SSSR count). The maximum Gasteiger partial charge on any atom is 0.507 e. The fourth-order valence-electron chi connectivity index (χ4n) is 2.48. The van der Waals surface area contributed by atoms with Gasteiger partial charge in [-0.05, 0) is 0 Å². The Labute approximate surface area is 278 Å². The average molecular weight is 898 g/mol. The van der Waals surface area contributed by atoms with E-state index in [1.807, 2.05) is 66.6 Å². The predicted octanol–water partition coefficient (Wildman–Crippen LogP) is 1.25. The number of hydrogen-bond donors (Lipinski definition) is 12. The summed E-state index contributed by atoms with van der Waals surface area (Å²) in [6, 6.07) is 7.77. The average Bonchev–Trinajstić information content (AvgIpc) is 3.12. The van der Waals surface area contributed by atoms with Gasteiger partial charge in [0.1, 0.15) is 0 Å². The number of rotatable bonds is 5. The van der Waals surface area contributed by atoms with Crippen molar-refractivity contribution < 1.29 is 116 Å². The van der Waals surface area contributed by atoms with Crippen LogP contribution in [0.5, 0.6) is 0 Å². The van der Waals surface area contributed by atoms with Gasteiger partial charge in [-0.1, -0.05) is 0 Å². The quantitative estimate of drug-likeness (QED) is 0.148. The maximum atomic E-state index is 10.4. The Hall–Kier alpha value is -0.790. The Kier molecular flexibility index (Phi) is 28.7. The minimum absolute atomic E-state index is 0.826. The predicted molar refractivity (Wildman–Crippen MR) is 162 cm³/mol. The Bertz CT molecular complexity index is 1300. The molecule has 50 heavy (non-hydrogen) atoms. The standard InChI is InChI=1S/C12H23N6OP.6FH2O3P/c1-15(2)20(16(3)4,17(5)6)19-18-12-10-8-7-9-11(12)13-14-18;6*1-5(2,3)4/h7-10,20H,1-6H3;6*(H2,2,3,4). The SMILES string of the molecule is CN(C)[PH](On1nnc2ccccc21)(N(C)C)N(C)C.O=P(O)(O)F.O=P(O)(O)F.O=P(O)(O)F.O=P(O)(O)F.O=P(O)(O)F.O=P(O)(O)F. The number of halogens is 6. The Morgan fingerprint density at radius 2 is 0.760 bits per heavy atom. The molecular weight excluding hydrogens is 863 g/mol. The molecule has 0 aliphatic carbocycles. The summed E-state index contributed by atoms with van der Waals surface area (Å²) in [6.45, 7) is 0. The second kappa shape index (κ2) is 24.5. The van der Waals surface area contributed by atoms with Crippen molar-refractivity contribution >= 4 is 66.4 Å². The van der Waals surface area contributed by atoms with Gasteiger partial charge in [0, 0.05) is 0 Å². The van der Waals surface area contributed by atoms with Crippen LogP contribution < -0.4 is 4.62 Å². The molecule has 0 radical (unpaired) electrons. The van der Waals surface area contributed by atoms with Gasteiger partial charge in [-0.15, -0.1) is 25.2 Å². The summed E-state index contributed by atoms with van der Waals surface area (Å²) in [5, 5.41) is 8.26. The third-order valence-electron chi connectivity index (χ3n) is 3.28. The smallest absolute Gasteiger partial charge is 0.299 e. The number of hydrogen-bond acceptors (Lipinski definition) is 12. The molecule has 38 heteroatoms. The van der Waals surface area contributed by atoms with Crippen LogP contribution in [0, 0.1) is 0 Å². The molecule has 1 aromatic heterocycles. The van der Waals surface area contributed by atoms with Crippen LogP contribution in [-0.2, 0) is 27.4 Å². The van der Waals surface area contributed by atoms with E-state index < -0.39 is 55.4 Å². The van der Waals surface area contributed by atoms with Crippen LogP contribution in [0.25, 0.3) is 11.0 Å². The second-order valence-corrected chi connectivity index (χ2v) is 17.8. The van der Waals surface area contributed by atoms with Crippen molar-refractivity contribution in [3.05, 3.63) is 24.3 Å². The molecular formula is C12H35F6N6O19P7. The van der Waals surface area contributed by atoms with Crippen LogP contribution in [0.3, 0.4) is 0 Å². The van der Waals surface area contributed by atoms with Crippen molar-refractivity contribution in [3.63, 3.8) is 0 Å². The fraction of sp³-hybridized carbons (Fsp3) is 0.500. The zero-order valence-corrected chi connectivity index (χ0v) is 32.0. The van der Waals surface area contributed by atoms with Gasteiger partial charge in [-0.25, -0.2) is 27.4 Å². The molecule has 0 spiro atoms. The van der Waals surface area contributed by atoms with Gasteiger partial charge in [-0.3, -0.25) is 58.7 Å². The normalized spacial score (nSPS) is 12.5. The third kappa shape index (κ3) is 56.6. The first kappa shape index (κ1) is 58.5. The van der Waals surface area contributed by atoms with Crippen LogP contribution in [0.15, 0.2) is 24.3 Å². The molecule has 1 aromatic carbocycles. The number of para-hydroxylation sites is 1. The van der Waals surface area contributed by atoms with E-state index in [9.17, 15) is 25.2 Å². The minimum Gasteiger partial charge on any atom is -0.299 e. The first-order valence-corrected chi connectivity index (χ1v) is 21.7. The third-order valence-corrected chi connectivity index (χ3v) is 7.19. The summed E-state index contributed by atoms with van der Waals surface area (Å²) in [4.78, 5) is 85.1. The molecule has 0 saturated heterocycles. The van der Waals surface area contributed by atoms with Crippen LogP contribution in [0.1, 0.15) is 0 Å². The molecule has 0 aliphatic rings. The minimum atomic E-state index is -5.14. The zero-order chi connectivity index (χ0) is 41.9. The van der Waals surface area contributed by atoms with Crippen LogP contribution in [0.4, 0.5) is 25.2 Å². The van der Waals surface area contributed by atoms with E-state index in [1.165, 1.54) is 4.85 Å². The van der Waals surface area contributed by atoms with Crippen molar-refractivity contribution in [3.8, 4) is 0 Å². The summed E-state index contributed by atoms with van der Waals surface area (Å²) in [5.41, 5.74) is 1.70. The Morgan fingerprint density at radius 1 is 0.540 bits per heavy atom. The van der Waals surface area contributed by atoms with Crippen molar-refractivity contribution in [2.45, 2.75) is 0 Å². The van der Waals surface area contributed by atoms with Gasteiger partial charge in [0.05, 0.1) is 0 Å². The molecule has 2 aromatic rings. The molecule has 0 bridgehead atoms. The zero-order valence-electron chi connectivity index (χ0n) is 25.7. The number of fused-ring (bicyclic) bond motifs is 1. The topological polar surface area (TPSA) is 395 Å². The summed E-state index contributed by atoms with van der Waals surface area (Å²) in [7, 11) is -21.2. The molecule has 304 valence electrons. The van der Waals surface area contributed by atoms with Gasteiger partial charge in [0.15, 0.2) is 0 Å². The monoisotopic (exact) mass is 898 g/mol. The van der Waals surface area contributed by atoms with Crippen molar-refractivity contribution in [2.75, 3.05) is 42.3 Å². The van der Waals surface area contributed by atoms with Gasteiger partial charge >= 0.3 is 167 Å². The molecule has 0 saturated carbocycles. The number of nitrogens with zero attached hydrogens (tertiary/aromatic N) is 6. The molecule has 1 heterocycles. The van der Waals surface area contributed by atoms with Crippen LogP contribution in [0.2, 0.25) is 0 Å². The van der Waals surface area contributed by atoms with E-state index in [0.717, 1.165) is 11.0 Å². The molecule has 0 fully saturated rings. The van der Waals surface area contributed by atoms with Crippen LogP contribution >= 0.6 is 55.4 Å². The van der Waals surface area contributed by atoms with E-state index in [1.54, 1.807) is 0 Å². The molecule has 12 N–H and O–H groups in total. The van der Waals surface area contributed by atoms with Gasteiger partial charge in [-0.2, -0.15) is 0 Å². The second-order valence-electron chi connectivity index (χ2n) is 8.14.